The number of nitrogens with zero attached hydrogens (tertiary/aromatic N) is 2. The predicted octanol–water partition coefficient (Wildman–Crippen LogP) is 2.44. The van der Waals surface area contributed by atoms with E-state index in [0.29, 0.717) is 25.7 Å². The average Bonchev–Trinajstić information content (AvgIpc) is 2.55. The summed E-state index contributed by atoms with van der Waals surface area (Å²) in [5, 5.41) is 3.11. The smallest absolute Gasteiger partial charge is 0.188 e. The molecule has 1 aromatic carbocycles. The maximum atomic E-state index is 5.92. The highest BCUT2D eigenvalue weighted by Gasteiger charge is 2.03. The molecule has 0 atom stereocenters. The molecule has 1 aromatic heterocycles. The fourth-order valence-electron chi connectivity index (χ4n) is 2.17. The van der Waals surface area contributed by atoms with Crippen LogP contribution in [0.4, 0.5) is 0 Å². The topological polar surface area (TPSA) is 72.5 Å². The summed E-state index contributed by atoms with van der Waals surface area (Å²) in [7, 11) is 0. The van der Waals surface area contributed by atoms with Gasteiger partial charge in [0.15, 0.2) is 5.96 Å². The molecular weight excluding hydrogens is 288 g/mol. The third-order valence-electron chi connectivity index (χ3n) is 3.36. The molecule has 5 heteroatoms. The molecule has 122 valence electrons. The van der Waals surface area contributed by atoms with Crippen LogP contribution in [0.2, 0.25) is 0 Å². The summed E-state index contributed by atoms with van der Waals surface area (Å²) < 4.78 is 5.65. The maximum absolute atomic E-state index is 5.92. The lowest BCUT2D eigenvalue weighted by atomic mass is 10.1. The van der Waals surface area contributed by atoms with Crippen molar-refractivity contribution in [2.45, 2.75) is 26.8 Å². The van der Waals surface area contributed by atoms with Gasteiger partial charge in [-0.1, -0.05) is 18.2 Å². The second-order valence-corrected chi connectivity index (χ2v) is 5.24. The Morgan fingerprint density at radius 3 is 2.91 bits per heavy atom. The van der Waals surface area contributed by atoms with E-state index in [4.69, 9.17) is 10.5 Å². The van der Waals surface area contributed by atoms with Gasteiger partial charge in [0.1, 0.15) is 5.75 Å². The molecule has 0 aliphatic rings. The lowest BCUT2D eigenvalue weighted by Gasteiger charge is -2.10. The molecule has 0 radical (unpaired) electrons. The third kappa shape index (κ3) is 5.62. The van der Waals surface area contributed by atoms with E-state index in [1.165, 1.54) is 5.56 Å². The van der Waals surface area contributed by atoms with Gasteiger partial charge in [0, 0.05) is 30.4 Å². The number of aliphatic imine (C=N–C) groups is 1. The highest BCUT2D eigenvalue weighted by atomic mass is 16.5. The van der Waals surface area contributed by atoms with Crippen LogP contribution in [0.1, 0.15) is 23.7 Å². The summed E-state index contributed by atoms with van der Waals surface area (Å²) in [5.74, 6) is 1.31. The zero-order valence-electron chi connectivity index (χ0n) is 13.7. The average molecular weight is 312 g/mol. The van der Waals surface area contributed by atoms with Gasteiger partial charge in [-0.3, -0.25) is 4.98 Å². The third-order valence-corrected chi connectivity index (χ3v) is 3.36. The largest absolute Gasteiger partial charge is 0.494 e. The second-order valence-electron chi connectivity index (χ2n) is 5.24. The lowest BCUT2D eigenvalue weighted by Crippen LogP contribution is -2.33. The number of guanidine groups is 1. The van der Waals surface area contributed by atoms with Crippen molar-refractivity contribution >= 4 is 5.96 Å². The van der Waals surface area contributed by atoms with Gasteiger partial charge in [-0.15, -0.1) is 0 Å². The molecule has 0 aliphatic heterocycles. The van der Waals surface area contributed by atoms with Crippen LogP contribution in [0.15, 0.2) is 47.6 Å². The molecule has 1 heterocycles. The molecule has 0 bridgehead atoms. The summed E-state index contributed by atoms with van der Waals surface area (Å²) >= 11 is 0. The first kappa shape index (κ1) is 16.8. The maximum Gasteiger partial charge on any atom is 0.188 e. The number of aromatic nitrogens is 1. The molecule has 0 spiro atoms. The van der Waals surface area contributed by atoms with E-state index in [1.807, 2.05) is 44.2 Å². The fraction of sp³-hybridized carbons (Fsp3) is 0.333. The molecule has 0 fully saturated rings. The number of hydrogen-bond donors (Lipinski definition) is 2. The van der Waals surface area contributed by atoms with E-state index in [2.05, 4.69) is 21.4 Å². The van der Waals surface area contributed by atoms with Crippen LogP contribution < -0.4 is 15.8 Å². The van der Waals surface area contributed by atoms with Crippen LogP contribution in [-0.4, -0.2) is 24.1 Å². The van der Waals surface area contributed by atoms with Gasteiger partial charge in [0.25, 0.3) is 0 Å². The highest BCUT2D eigenvalue weighted by Crippen LogP contribution is 2.21. The summed E-state index contributed by atoms with van der Waals surface area (Å²) in [5.41, 5.74) is 9.15. The molecule has 2 rings (SSSR count). The van der Waals surface area contributed by atoms with Gasteiger partial charge in [-0.2, -0.15) is 0 Å². The molecule has 2 aromatic rings. The second kappa shape index (κ2) is 8.78. The lowest BCUT2D eigenvalue weighted by molar-refractivity contribution is 0.336. The minimum Gasteiger partial charge on any atom is -0.494 e. The Hall–Kier alpha value is -2.56. The molecule has 0 saturated carbocycles. The normalized spacial score (nSPS) is 11.3. The van der Waals surface area contributed by atoms with Crippen LogP contribution >= 0.6 is 0 Å². The van der Waals surface area contributed by atoms with Crippen molar-refractivity contribution in [1.29, 1.82) is 0 Å². The standard InChI is InChI=1S/C18H24N4O/c1-3-23-17-12-14(2)7-8-15(17)13-22-18(19)21-11-9-16-6-4-5-10-20-16/h4-8,10,12H,3,9,11,13H2,1-2H3,(H3,19,21,22). The van der Waals surface area contributed by atoms with Crippen molar-refractivity contribution in [2.24, 2.45) is 10.7 Å². The number of hydrogen-bond acceptors (Lipinski definition) is 3. The van der Waals surface area contributed by atoms with Gasteiger partial charge < -0.3 is 15.8 Å². The van der Waals surface area contributed by atoms with Gasteiger partial charge in [-0.05, 0) is 37.6 Å². The van der Waals surface area contributed by atoms with Crippen molar-refractivity contribution in [3.63, 3.8) is 0 Å². The zero-order valence-corrected chi connectivity index (χ0v) is 13.7. The van der Waals surface area contributed by atoms with E-state index in [0.717, 1.165) is 23.4 Å². The number of nitrogens with one attached hydrogen (secondary N) is 1. The Morgan fingerprint density at radius 1 is 1.30 bits per heavy atom. The molecule has 5 nitrogen and oxygen atoms in total. The minimum atomic E-state index is 0.434. The number of pyridine rings is 1. The Bertz CT molecular complexity index is 641. The van der Waals surface area contributed by atoms with E-state index in [1.54, 1.807) is 6.20 Å². The number of ether oxygens (including phenoxy) is 1. The molecule has 3 N–H and O–H groups in total. The predicted molar refractivity (Wildman–Crippen MR) is 93.6 cm³/mol. The number of aryl methyl sites for hydroxylation is 1. The number of benzene rings is 1. The molecule has 0 amide bonds. The molecular formula is C18H24N4O. The van der Waals surface area contributed by atoms with Crippen LogP contribution in [0.25, 0.3) is 0 Å². The van der Waals surface area contributed by atoms with E-state index in [-0.39, 0.29) is 0 Å². The summed E-state index contributed by atoms with van der Waals surface area (Å²) in [6, 6.07) is 12.0. The first-order valence-corrected chi connectivity index (χ1v) is 7.85. The summed E-state index contributed by atoms with van der Waals surface area (Å²) in [6.07, 6.45) is 2.60. The van der Waals surface area contributed by atoms with Crippen molar-refractivity contribution in [2.75, 3.05) is 13.2 Å². The quantitative estimate of drug-likeness (QED) is 0.608. The molecule has 0 saturated heterocycles. The first-order chi connectivity index (χ1) is 11.2. The van der Waals surface area contributed by atoms with Gasteiger partial charge in [0.2, 0.25) is 0 Å². The van der Waals surface area contributed by atoms with Crippen molar-refractivity contribution in [1.82, 2.24) is 10.3 Å². The van der Waals surface area contributed by atoms with Crippen LogP contribution in [0, 0.1) is 6.92 Å². The van der Waals surface area contributed by atoms with Crippen molar-refractivity contribution in [3.05, 3.63) is 59.4 Å². The number of rotatable bonds is 7. The van der Waals surface area contributed by atoms with Crippen LogP contribution in [0.5, 0.6) is 5.75 Å². The van der Waals surface area contributed by atoms with Gasteiger partial charge in [0.05, 0.1) is 13.2 Å². The highest BCUT2D eigenvalue weighted by molar-refractivity contribution is 5.77. The van der Waals surface area contributed by atoms with Gasteiger partial charge in [-0.25, -0.2) is 4.99 Å². The minimum absolute atomic E-state index is 0.434. The Balaban J connectivity index is 1.87. The molecule has 23 heavy (non-hydrogen) atoms. The van der Waals surface area contributed by atoms with Crippen molar-refractivity contribution in [3.8, 4) is 5.75 Å². The number of nitrogens with two attached hydrogens (primary N) is 1. The fourth-order valence-corrected chi connectivity index (χ4v) is 2.17. The van der Waals surface area contributed by atoms with Crippen molar-refractivity contribution < 1.29 is 4.74 Å². The van der Waals surface area contributed by atoms with E-state index < -0.39 is 0 Å². The summed E-state index contributed by atoms with van der Waals surface area (Å²) in [6.45, 7) is 5.86. The molecule has 0 aliphatic carbocycles. The first-order valence-electron chi connectivity index (χ1n) is 7.85. The Labute approximate surface area is 137 Å². The van der Waals surface area contributed by atoms with E-state index in [9.17, 15) is 0 Å². The summed E-state index contributed by atoms with van der Waals surface area (Å²) in [4.78, 5) is 8.65. The molecule has 0 unspecified atom stereocenters. The monoisotopic (exact) mass is 312 g/mol. The van der Waals surface area contributed by atoms with E-state index >= 15 is 0 Å². The van der Waals surface area contributed by atoms with Crippen LogP contribution in [-0.2, 0) is 13.0 Å². The van der Waals surface area contributed by atoms with Crippen LogP contribution in [0.3, 0.4) is 0 Å². The Kier molecular flexibility index (Phi) is 6.41. The Morgan fingerprint density at radius 2 is 2.17 bits per heavy atom. The SMILES string of the molecule is CCOc1cc(C)ccc1CN=C(N)NCCc1ccccn1. The zero-order chi connectivity index (χ0) is 16.5. The van der Waals surface area contributed by atoms with Gasteiger partial charge >= 0.3 is 0 Å².